The Morgan fingerprint density at radius 1 is 1.52 bits per heavy atom. The first-order valence-corrected chi connectivity index (χ1v) is 8.68. The molecule has 8 nitrogen and oxygen atoms in total. The minimum absolute atomic E-state index is 0.270. The lowest BCUT2D eigenvalue weighted by molar-refractivity contribution is 0.0948. The number of nitrogens with one attached hydrogen (secondary N) is 1. The molecule has 21 heavy (non-hydrogen) atoms. The number of imidazole rings is 1. The highest BCUT2D eigenvalue weighted by molar-refractivity contribution is 7.88. The predicted octanol–water partition coefficient (Wildman–Crippen LogP) is -0.757. The highest BCUT2D eigenvalue weighted by atomic mass is 32.2. The maximum atomic E-state index is 11.8. The molecular formula is C12H23N5O3S. The molecule has 9 heteroatoms. The van der Waals surface area contributed by atoms with E-state index < -0.39 is 10.0 Å². The van der Waals surface area contributed by atoms with Gasteiger partial charge in [0.2, 0.25) is 10.0 Å². The first kappa shape index (κ1) is 17.6. The monoisotopic (exact) mass is 317 g/mol. The van der Waals surface area contributed by atoms with E-state index >= 15 is 0 Å². The van der Waals surface area contributed by atoms with Gasteiger partial charge in [0.05, 0.1) is 12.6 Å². The highest BCUT2D eigenvalue weighted by Crippen LogP contribution is 1.99. The number of aromatic nitrogens is 2. The Morgan fingerprint density at radius 3 is 2.81 bits per heavy atom. The van der Waals surface area contributed by atoms with Gasteiger partial charge in [-0.25, -0.2) is 17.7 Å². The Bertz CT molecular complexity index is 555. The van der Waals surface area contributed by atoms with Gasteiger partial charge >= 0.3 is 0 Å². The molecule has 0 atom stereocenters. The largest absolute Gasteiger partial charge is 0.351 e. The standard InChI is InChI=1S/C12H23N5O3S/c1-3-17(21(2,19)20)7-4-6-14-12(18)11-9-16(8-5-13)10-15-11/h9-10H,3-8,13H2,1-2H3,(H,14,18). The molecule has 120 valence electrons. The summed E-state index contributed by atoms with van der Waals surface area (Å²) in [5.74, 6) is -0.270. The number of hydrogen-bond donors (Lipinski definition) is 2. The Balaban J connectivity index is 2.36. The predicted molar refractivity (Wildman–Crippen MR) is 80.3 cm³/mol. The van der Waals surface area contributed by atoms with Gasteiger partial charge in [-0.05, 0) is 6.42 Å². The lowest BCUT2D eigenvalue weighted by atomic mass is 10.4. The molecule has 0 aliphatic heterocycles. The fourth-order valence-electron chi connectivity index (χ4n) is 1.86. The van der Waals surface area contributed by atoms with Crippen molar-refractivity contribution >= 4 is 15.9 Å². The van der Waals surface area contributed by atoms with Crippen LogP contribution in [0.1, 0.15) is 23.8 Å². The molecule has 1 aromatic heterocycles. The van der Waals surface area contributed by atoms with E-state index in [1.54, 1.807) is 24.0 Å². The van der Waals surface area contributed by atoms with Crippen LogP contribution in [0.3, 0.4) is 0 Å². The summed E-state index contributed by atoms with van der Waals surface area (Å²) in [5, 5.41) is 2.72. The molecule has 1 aromatic rings. The molecule has 0 aromatic carbocycles. The summed E-state index contributed by atoms with van der Waals surface area (Å²) < 4.78 is 25.9. The van der Waals surface area contributed by atoms with E-state index in [0.29, 0.717) is 44.8 Å². The van der Waals surface area contributed by atoms with Crippen LogP contribution < -0.4 is 11.1 Å². The van der Waals surface area contributed by atoms with Crippen molar-refractivity contribution in [1.82, 2.24) is 19.2 Å². The molecule has 0 fully saturated rings. The zero-order valence-corrected chi connectivity index (χ0v) is 13.3. The van der Waals surface area contributed by atoms with Crippen molar-refractivity contribution in [1.29, 1.82) is 0 Å². The molecule has 1 amide bonds. The normalized spacial score (nSPS) is 11.8. The first-order chi connectivity index (χ1) is 9.88. The van der Waals surface area contributed by atoms with Crippen molar-refractivity contribution in [3.05, 3.63) is 18.2 Å². The van der Waals surface area contributed by atoms with Gasteiger partial charge in [-0.1, -0.05) is 6.92 Å². The Hall–Kier alpha value is -1.45. The lowest BCUT2D eigenvalue weighted by Gasteiger charge is -2.17. The third-order valence-corrected chi connectivity index (χ3v) is 4.32. The minimum Gasteiger partial charge on any atom is -0.351 e. The van der Waals surface area contributed by atoms with Crippen LogP contribution in [0.5, 0.6) is 0 Å². The summed E-state index contributed by atoms with van der Waals surface area (Å²) in [6.07, 6.45) is 4.93. The number of rotatable bonds is 9. The van der Waals surface area contributed by atoms with Crippen LogP contribution in [0.15, 0.2) is 12.5 Å². The smallest absolute Gasteiger partial charge is 0.271 e. The van der Waals surface area contributed by atoms with E-state index in [-0.39, 0.29) is 5.91 Å². The Morgan fingerprint density at radius 2 is 2.24 bits per heavy atom. The summed E-state index contributed by atoms with van der Waals surface area (Å²) in [4.78, 5) is 15.8. The third kappa shape index (κ3) is 5.82. The van der Waals surface area contributed by atoms with E-state index in [1.165, 1.54) is 10.6 Å². The zero-order valence-electron chi connectivity index (χ0n) is 12.4. The number of nitrogens with zero attached hydrogens (tertiary/aromatic N) is 3. The summed E-state index contributed by atoms with van der Waals surface area (Å²) in [5.41, 5.74) is 5.75. The van der Waals surface area contributed by atoms with Crippen molar-refractivity contribution in [2.24, 2.45) is 5.73 Å². The van der Waals surface area contributed by atoms with Crippen molar-refractivity contribution in [3.8, 4) is 0 Å². The number of sulfonamides is 1. The van der Waals surface area contributed by atoms with Crippen LogP contribution in [0.4, 0.5) is 0 Å². The SMILES string of the molecule is CCN(CCCNC(=O)c1cn(CCN)cn1)S(C)(=O)=O. The molecule has 0 aliphatic carbocycles. The Kier molecular flexibility index (Phi) is 6.79. The van der Waals surface area contributed by atoms with Crippen molar-refractivity contribution in [2.75, 3.05) is 32.4 Å². The fourth-order valence-corrected chi connectivity index (χ4v) is 2.78. The Labute approximate surface area is 125 Å². The molecule has 3 N–H and O–H groups in total. The van der Waals surface area contributed by atoms with Crippen LogP contribution in [-0.4, -0.2) is 60.6 Å². The van der Waals surface area contributed by atoms with Gasteiger partial charge in [-0.3, -0.25) is 4.79 Å². The van der Waals surface area contributed by atoms with E-state index in [0.717, 1.165) is 0 Å². The van der Waals surface area contributed by atoms with Crippen LogP contribution in [-0.2, 0) is 16.6 Å². The minimum atomic E-state index is -3.18. The quantitative estimate of drug-likeness (QED) is 0.582. The topological polar surface area (TPSA) is 110 Å². The van der Waals surface area contributed by atoms with E-state index in [4.69, 9.17) is 5.73 Å². The average Bonchev–Trinajstić information content (AvgIpc) is 2.86. The van der Waals surface area contributed by atoms with Crippen LogP contribution in [0, 0.1) is 0 Å². The number of nitrogens with two attached hydrogens (primary N) is 1. The molecule has 0 unspecified atom stereocenters. The molecule has 0 bridgehead atoms. The van der Waals surface area contributed by atoms with Gasteiger partial charge in [-0.2, -0.15) is 0 Å². The molecule has 0 saturated carbocycles. The number of hydrogen-bond acceptors (Lipinski definition) is 5. The lowest BCUT2D eigenvalue weighted by Crippen LogP contribution is -2.33. The van der Waals surface area contributed by atoms with Gasteiger partial charge in [0, 0.05) is 38.9 Å². The molecular weight excluding hydrogens is 294 g/mol. The number of carbonyl (C=O) groups is 1. The van der Waals surface area contributed by atoms with E-state index in [1.807, 2.05) is 0 Å². The van der Waals surface area contributed by atoms with Gasteiger partial charge in [0.25, 0.3) is 5.91 Å². The first-order valence-electron chi connectivity index (χ1n) is 6.83. The maximum Gasteiger partial charge on any atom is 0.271 e. The molecule has 0 spiro atoms. The van der Waals surface area contributed by atoms with Crippen molar-refractivity contribution in [3.63, 3.8) is 0 Å². The second kappa shape index (κ2) is 8.11. The zero-order chi connectivity index (χ0) is 15.9. The second-order valence-electron chi connectivity index (χ2n) is 4.65. The van der Waals surface area contributed by atoms with Gasteiger partial charge in [0.1, 0.15) is 5.69 Å². The van der Waals surface area contributed by atoms with Crippen molar-refractivity contribution < 1.29 is 13.2 Å². The van der Waals surface area contributed by atoms with Crippen LogP contribution in [0.25, 0.3) is 0 Å². The van der Waals surface area contributed by atoms with Crippen LogP contribution >= 0.6 is 0 Å². The van der Waals surface area contributed by atoms with Gasteiger partial charge in [0.15, 0.2) is 0 Å². The molecule has 1 rings (SSSR count). The van der Waals surface area contributed by atoms with Crippen LogP contribution in [0.2, 0.25) is 0 Å². The van der Waals surface area contributed by atoms with Gasteiger partial charge in [-0.15, -0.1) is 0 Å². The number of carbonyl (C=O) groups excluding carboxylic acids is 1. The molecule has 0 aliphatic rings. The fraction of sp³-hybridized carbons (Fsp3) is 0.667. The summed E-state index contributed by atoms with van der Waals surface area (Å²) in [6, 6.07) is 0. The molecule has 1 heterocycles. The second-order valence-corrected chi connectivity index (χ2v) is 6.63. The van der Waals surface area contributed by atoms with E-state index in [9.17, 15) is 13.2 Å². The molecule has 0 radical (unpaired) electrons. The van der Waals surface area contributed by atoms with E-state index in [2.05, 4.69) is 10.3 Å². The van der Waals surface area contributed by atoms with Crippen molar-refractivity contribution in [2.45, 2.75) is 19.9 Å². The molecule has 0 saturated heterocycles. The summed E-state index contributed by atoms with van der Waals surface area (Å²) in [7, 11) is -3.18. The summed E-state index contributed by atoms with van der Waals surface area (Å²) >= 11 is 0. The summed E-state index contributed by atoms with van der Waals surface area (Å²) in [6.45, 7) is 4.09. The highest BCUT2D eigenvalue weighted by Gasteiger charge is 2.14. The number of amides is 1. The maximum absolute atomic E-state index is 11.8. The average molecular weight is 317 g/mol. The van der Waals surface area contributed by atoms with Gasteiger partial charge < -0.3 is 15.6 Å². The third-order valence-electron chi connectivity index (χ3n) is 2.94.